The average Bonchev–Trinajstić information content (AvgIpc) is 2.63. The first kappa shape index (κ1) is 17.5. The van der Waals surface area contributed by atoms with Gasteiger partial charge in [0.2, 0.25) is 10.0 Å². The molecule has 3 rings (SSSR count). The summed E-state index contributed by atoms with van der Waals surface area (Å²) in [7, 11) is -3.84. The van der Waals surface area contributed by atoms with Crippen LogP contribution in [0.5, 0.6) is 0 Å². The van der Waals surface area contributed by atoms with Gasteiger partial charge in [0.1, 0.15) is 5.82 Å². The number of sulfonamides is 1. The van der Waals surface area contributed by atoms with Gasteiger partial charge in [-0.1, -0.05) is 17.7 Å². The first-order chi connectivity index (χ1) is 12.0. The van der Waals surface area contributed by atoms with E-state index < -0.39 is 15.8 Å². The predicted octanol–water partition coefficient (Wildman–Crippen LogP) is 3.41. The van der Waals surface area contributed by atoms with Gasteiger partial charge in [-0.2, -0.15) is 0 Å². The van der Waals surface area contributed by atoms with Crippen molar-refractivity contribution < 1.29 is 12.8 Å². The largest absolute Gasteiger partial charge is 0.265 e. The summed E-state index contributed by atoms with van der Waals surface area (Å²) in [5.74, 6) is -0.673. The fraction of sp³-hybridized carbons (Fsp3) is 0.0588. The van der Waals surface area contributed by atoms with E-state index in [0.717, 1.165) is 23.8 Å². The smallest absolute Gasteiger partial charge is 0.240 e. The number of rotatable bonds is 5. The quantitative estimate of drug-likeness (QED) is 0.739. The molecule has 0 fully saturated rings. The van der Waals surface area contributed by atoms with Gasteiger partial charge in [-0.25, -0.2) is 17.5 Å². The van der Waals surface area contributed by atoms with Gasteiger partial charge in [0.25, 0.3) is 0 Å². The Hall–Kier alpha value is -2.35. The highest BCUT2D eigenvalue weighted by molar-refractivity contribution is 7.89. The molecule has 2 heterocycles. The zero-order valence-electron chi connectivity index (χ0n) is 12.9. The third-order valence-corrected chi connectivity index (χ3v) is 5.19. The van der Waals surface area contributed by atoms with E-state index in [9.17, 15) is 12.8 Å². The Bertz CT molecular complexity index is 998. The molecule has 0 bridgehead atoms. The van der Waals surface area contributed by atoms with Crippen molar-refractivity contribution >= 4 is 21.6 Å². The zero-order chi connectivity index (χ0) is 17.9. The summed E-state index contributed by atoms with van der Waals surface area (Å²) in [6.45, 7) is 0.0306. The number of aromatic nitrogens is 2. The first-order valence-corrected chi connectivity index (χ1v) is 9.12. The Morgan fingerprint density at radius 1 is 1.08 bits per heavy atom. The van der Waals surface area contributed by atoms with Gasteiger partial charge in [-0.15, -0.1) is 0 Å². The van der Waals surface area contributed by atoms with Crippen molar-refractivity contribution in [3.05, 3.63) is 77.5 Å². The fourth-order valence-corrected chi connectivity index (χ4v) is 3.53. The molecule has 0 atom stereocenters. The molecule has 3 aromatic rings. The lowest BCUT2D eigenvalue weighted by atomic mass is 10.1. The number of benzene rings is 1. The maximum absolute atomic E-state index is 13.2. The van der Waals surface area contributed by atoms with Crippen LogP contribution in [0.2, 0.25) is 5.02 Å². The Labute approximate surface area is 149 Å². The van der Waals surface area contributed by atoms with Gasteiger partial charge < -0.3 is 0 Å². The Morgan fingerprint density at radius 3 is 2.56 bits per heavy atom. The van der Waals surface area contributed by atoms with Crippen LogP contribution in [0.15, 0.2) is 66.0 Å². The highest BCUT2D eigenvalue weighted by Gasteiger charge is 2.17. The van der Waals surface area contributed by atoms with E-state index in [-0.39, 0.29) is 16.5 Å². The molecule has 0 spiro atoms. The molecule has 1 N–H and O–H groups in total. The minimum atomic E-state index is -3.84. The van der Waals surface area contributed by atoms with Gasteiger partial charge in [0.15, 0.2) is 0 Å². The van der Waals surface area contributed by atoms with Gasteiger partial charge in [-0.05, 0) is 42.0 Å². The number of nitrogens with zero attached hydrogens (tertiary/aromatic N) is 2. The monoisotopic (exact) mass is 377 g/mol. The second-order valence-electron chi connectivity index (χ2n) is 5.15. The second-order valence-corrected chi connectivity index (χ2v) is 7.32. The van der Waals surface area contributed by atoms with Crippen molar-refractivity contribution in [1.29, 1.82) is 0 Å². The number of hydrogen-bond donors (Lipinski definition) is 1. The maximum Gasteiger partial charge on any atom is 0.240 e. The van der Waals surface area contributed by atoms with Crippen molar-refractivity contribution in [3.8, 4) is 11.3 Å². The lowest BCUT2D eigenvalue weighted by Gasteiger charge is -2.11. The molecular weight excluding hydrogens is 365 g/mol. The molecule has 0 amide bonds. The molecule has 2 aromatic heterocycles. The summed E-state index contributed by atoms with van der Waals surface area (Å²) >= 11 is 5.66. The van der Waals surface area contributed by atoms with Crippen molar-refractivity contribution in [2.24, 2.45) is 0 Å². The van der Waals surface area contributed by atoms with Crippen LogP contribution in [0.4, 0.5) is 4.39 Å². The third-order valence-electron chi connectivity index (χ3n) is 3.50. The summed E-state index contributed by atoms with van der Waals surface area (Å²) < 4.78 is 40.5. The van der Waals surface area contributed by atoms with Crippen LogP contribution in [0.3, 0.4) is 0 Å². The Balaban J connectivity index is 1.85. The fourth-order valence-electron chi connectivity index (χ4n) is 2.25. The molecule has 0 radical (unpaired) electrons. The third kappa shape index (κ3) is 4.01. The van der Waals surface area contributed by atoms with Crippen molar-refractivity contribution in [1.82, 2.24) is 14.7 Å². The molecule has 1 aromatic carbocycles. The standard InChI is InChI=1S/C17H13ClFN3O2S/c18-15-10-14(3-4-16(15)19)25(23,24)22-11-13-2-1-7-21-17(13)12-5-8-20-9-6-12/h1-10,22H,11H2. The Kier molecular flexibility index (Phi) is 5.08. The summed E-state index contributed by atoms with van der Waals surface area (Å²) in [5.41, 5.74) is 2.19. The number of nitrogens with one attached hydrogen (secondary N) is 1. The van der Waals surface area contributed by atoms with Crippen molar-refractivity contribution in [3.63, 3.8) is 0 Å². The van der Waals surface area contributed by atoms with Crippen molar-refractivity contribution in [2.75, 3.05) is 0 Å². The molecule has 0 aliphatic carbocycles. The SMILES string of the molecule is O=S(=O)(NCc1cccnc1-c1ccncc1)c1ccc(F)c(Cl)c1. The Morgan fingerprint density at radius 2 is 1.84 bits per heavy atom. The van der Waals surface area contributed by atoms with E-state index >= 15 is 0 Å². The van der Waals surface area contributed by atoms with Crippen LogP contribution in [0.1, 0.15) is 5.56 Å². The van der Waals surface area contributed by atoms with E-state index in [1.807, 2.05) is 0 Å². The van der Waals surface area contributed by atoms with Crippen LogP contribution in [-0.2, 0) is 16.6 Å². The highest BCUT2D eigenvalue weighted by Crippen LogP contribution is 2.22. The van der Waals surface area contributed by atoms with E-state index in [0.29, 0.717) is 11.3 Å². The van der Waals surface area contributed by atoms with Crippen LogP contribution >= 0.6 is 11.6 Å². The zero-order valence-corrected chi connectivity index (χ0v) is 14.4. The van der Waals surface area contributed by atoms with E-state index in [4.69, 9.17) is 11.6 Å². The van der Waals surface area contributed by atoms with Crippen LogP contribution in [-0.4, -0.2) is 18.4 Å². The molecule has 5 nitrogen and oxygen atoms in total. The normalized spacial score (nSPS) is 11.4. The lowest BCUT2D eigenvalue weighted by molar-refractivity contribution is 0.580. The molecule has 0 saturated carbocycles. The summed E-state index contributed by atoms with van der Waals surface area (Å²) in [6, 6.07) is 10.3. The topological polar surface area (TPSA) is 72.0 Å². The predicted molar refractivity (Wildman–Crippen MR) is 92.9 cm³/mol. The molecule has 0 aliphatic heterocycles. The maximum atomic E-state index is 13.2. The van der Waals surface area contributed by atoms with Crippen LogP contribution in [0, 0.1) is 5.82 Å². The van der Waals surface area contributed by atoms with Crippen LogP contribution < -0.4 is 4.72 Å². The number of hydrogen-bond acceptors (Lipinski definition) is 4. The van der Waals surface area contributed by atoms with Gasteiger partial charge >= 0.3 is 0 Å². The molecule has 8 heteroatoms. The molecule has 0 unspecified atom stereocenters. The van der Waals surface area contributed by atoms with E-state index in [2.05, 4.69) is 14.7 Å². The lowest BCUT2D eigenvalue weighted by Crippen LogP contribution is -2.23. The summed E-state index contributed by atoms with van der Waals surface area (Å²) in [5, 5.41) is -0.248. The minimum Gasteiger partial charge on any atom is -0.265 e. The molecule has 25 heavy (non-hydrogen) atoms. The van der Waals surface area contributed by atoms with E-state index in [1.54, 1.807) is 42.9 Å². The van der Waals surface area contributed by atoms with Gasteiger partial charge in [0.05, 0.1) is 15.6 Å². The summed E-state index contributed by atoms with van der Waals surface area (Å²) in [6.07, 6.45) is 4.91. The average molecular weight is 378 g/mol. The van der Waals surface area contributed by atoms with Gasteiger partial charge in [0, 0.05) is 30.7 Å². The number of halogens is 2. The first-order valence-electron chi connectivity index (χ1n) is 7.26. The van der Waals surface area contributed by atoms with E-state index in [1.165, 1.54) is 0 Å². The molecule has 128 valence electrons. The second kappa shape index (κ2) is 7.26. The van der Waals surface area contributed by atoms with Crippen molar-refractivity contribution in [2.45, 2.75) is 11.4 Å². The minimum absolute atomic E-state index is 0.0306. The molecular formula is C17H13ClFN3O2S. The summed E-state index contributed by atoms with van der Waals surface area (Å²) in [4.78, 5) is 8.17. The van der Waals surface area contributed by atoms with Crippen LogP contribution in [0.25, 0.3) is 11.3 Å². The van der Waals surface area contributed by atoms with Gasteiger partial charge in [-0.3, -0.25) is 9.97 Å². The highest BCUT2D eigenvalue weighted by atomic mass is 35.5. The molecule has 0 aliphatic rings. The number of pyridine rings is 2. The molecule has 0 saturated heterocycles.